The van der Waals surface area contributed by atoms with Gasteiger partial charge < -0.3 is 19.7 Å². The molecule has 0 aliphatic carbocycles. The van der Waals surface area contributed by atoms with Crippen LogP contribution in [0.4, 0.5) is 10.5 Å². The molecule has 1 unspecified atom stereocenters. The van der Waals surface area contributed by atoms with Crippen molar-refractivity contribution in [3.05, 3.63) is 89.5 Å². The molecule has 3 aromatic rings. The summed E-state index contributed by atoms with van der Waals surface area (Å²) in [6, 6.07) is 21.6. The number of amidine groups is 1. The second-order valence-electron chi connectivity index (χ2n) is 8.00. The van der Waals surface area contributed by atoms with Crippen molar-refractivity contribution in [2.24, 2.45) is 5.73 Å². The molecule has 0 fully saturated rings. The van der Waals surface area contributed by atoms with Crippen LogP contribution in [0.3, 0.4) is 0 Å². The molecule has 2 amide bonds. The lowest BCUT2D eigenvalue weighted by molar-refractivity contribution is -0.129. The normalized spacial score (nSPS) is 11.4. The predicted molar refractivity (Wildman–Crippen MR) is 138 cm³/mol. The number of carbonyl (C=O) groups is 2. The number of methoxy groups -OCH3 is 1. The van der Waals surface area contributed by atoms with E-state index in [1.807, 2.05) is 42.5 Å². The summed E-state index contributed by atoms with van der Waals surface area (Å²) >= 11 is -2.49. The largest absolute Gasteiger partial charge is 0.755 e. The molecule has 3 aromatic carbocycles. The van der Waals surface area contributed by atoms with Gasteiger partial charge in [-0.25, -0.2) is 9.69 Å². The SMILES string of the molecule is COC(=O)N(Cc1cccc(C(=N)N)c1)C(=O)CCCc1ccc(-c2ccccc2)c(NS(=O)[O-])c1. The number of hydrogen-bond donors (Lipinski definition) is 3. The number of nitrogens with zero attached hydrogens (tertiary/aromatic N) is 1. The lowest BCUT2D eigenvalue weighted by atomic mass is 9.99. The van der Waals surface area contributed by atoms with E-state index < -0.39 is 23.3 Å². The van der Waals surface area contributed by atoms with Gasteiger partial charge in [0.15, 0.2) is 0 Å². The van der Waals surface area contributed by atoms with Crippen LogP contribution in [0.1, 0.15) is 29.5 Å². The lowest BCUT2D eigenvalue weighted by Gasteiger charge is -2.20. The number of nitrogen functional groups attached to an aromatic ring is 1. The first-order valence-corrected chi connectivity index (χ1v) is 12.2. The first kappa shape index (κ1) is 26.6. The first-order valence-electron chi connectivity index (χ1n) is 11.1. The molecule has 9 nitrogen and oxygen atoms in total. The number of amides is 2. The van der Waals surface area contributed by atoms with Crippen LogP contribution in [0.5, 0.6) is 0 Å². The fraction of sp³-hybridized carbons (Fsp3) is 0.192. The van der Waals surface area contributed by atoms with Crippen molar-refractivity contribution in [3.8, 4) is 11.1 Å². The Bertz CT molecular complexity index is 1270. The zero-order valence-electron chi connectivity index (χ0n) is 19.7. The highest BCUT2D eigenvalue weighted by Crippen LogP contribution is 2.30. The summed E-state index contributed by atoms with van der Waals surface area (Å²) in [5, 5.41) is 7.57. The van der Waals surface area contributed by atoms with E-state index in [0.717, 1.165) is 21.6 Å². The molecule has 0 saturated carbocycles. The van der Waals surface area contributed by atoms with E-state index in [1.165, 1.54) is 7.11 Å². The third-order valence-electron chi connectivity index (χ3n) is 5.49. The highest BCUT2D eigenvalue weighted by atomic mass is 32.2. The fourth-order valence-corrected chi connectivity index (χ4v) is 4.10. The molecule has 0 bridgehead atoms. The molecule has 36 heavy (non-hydrogen) atoms. The summed E-state index contributed by atoms with van der Waals surface area (Å²) in [5.74, 6) is -0.518. The van der Waals surface area contributed by atoms with Gasteiger partial charge in [0.2, 0.25) is 5.91 Å². The number of ether oxygens (including phenoxy) is 1. The van der Waals surface area contributed by atoms with Gasteiger partial charge in [-0.05, 0) is 41.7 Å². The lowest BCUT2D eigenvalue weighted by Crippen LogP contribution is -2.36. The molecule has 0 aromatic heterocycles. The van der Waals surface area contributed by atoms with E-state index in [-0.39, 0.29) is 18.8 Å². The Balaban J connectivity index is 1.69. The number of anilines is 1. The predicted octanol–water partition coefficient (Wildman–Crippen LogP) is 3.96. The molecule has 0 radical (unpaired) electrons. The van der Waals surface area contributed by atoms with E-state index in [9.17, 15) is 18.4 Å². The van der Waals surface area contributed by atoms with E-state index in [1.54, 1.807) is 30.3 Å². The van der Waals surface area contributed by atoms with Crippen molar-refractivity contribution in [2.45, 2.75) is 25.8 Å². The standard InChI is InChI=1S/C26H28N4O5S/c1-35-26(32)30(17-19-8-5-11-21(15-19)25(27)28)24(31)12-6-7-18-13-14-22(20-9-3-2-4-10-20)23(16-18)29-36(33)34/h2-5,8-11,13-16,29H,6-7,12,17H2,1H3,(H3,27,28)(H,33,34)/p-1. The minimum Gasteiger partial charge on any atom is -0.755 e. The molecule has 0 aliphatic heterocycles. The molecule has 4 N–H and O–H groups in total. The quantitative estimate of drug-likeness (QED) is 0.215. The molecule has 188 valence electrons. The van der Waals surface area contributed by atoms with Crippen molar-refractivity contribution in [3.63, 3.8) is 0 Å². The van der Waals surface area contributed by atoms with Gasteiger partial charge in [-0.3, -0.25) is 14.4 Å². The number of nitrogens with one attached hydrogen (secondary N) is 2. The van der Waals surface area contributed by atoms with Gasteiger partial charge in [0, 0.05) is 28.8 Å². The molecule has 0 aliphatic rings. The van der Waals surface area contributed by atoms with Crippen LogP contribution in [0.2, 0.25) is 0 Å². The number of rotatable bonds is 10. The number of nitrogens with two attached hydrogens (primary N) is 1. The Morgan fingerprint density at radius 1 is 1.06 bits per heavy atom. The molecular weight excluding hydrogens is 480 g/mol. The molecule has 1 atom stereocenters. The van der Waals surface area contributed by atoms with Gasteiger partial charge in [0.05, 0.1) is 19.3 Å². The van der Waals surface area contributed by atoms with Crippen molar-refractivity contribution in [1.82, 2.24) is 4.90 Å². The molecule has 0 heterocycles. The highest BCUT2D eigenvalue weighted by molar-refractivity contribution is 7.80. The Kier molecular flexibility index (Phi) is 9.32. The smallest absolute Gasteiger partial charge is 0.416 e. The molecule has 10 heteroatoms. The Hall–Kier alpha value is -4.02. The van der Waals surface area contributed by atoms with Gasteiger partial charge in [0.25, 0.3) is 0 Å². The van der Waals surface area contributed by atoms with Gasteiger partial charge in [-0.2, -0.15) is 0 Å². The number of carbonyl (C=O) groups excluding carboxylic acids is 2. The molecular formula is C26H27N4O5S-. The fourth-order valence-electron chi connectivity index (χ4n) is 3.75. The van der Waals surface area contributed by atoms with Crippen LogP contribution < -0.4 is 10.5 Å². The van der Waals surface area contributed by atoms with Crippen LogP contribution >= 0.6 is 0 Å². The number of benzene rings is 3. The summed E-state index contributed by atoms with van der Waals surface area (Å²) in [6.07, 6.45) is 0.239. The minimum atomic E-state index is -2.49. The second kappa shape index (κ2) is 12.6. The topological polar surface area (TPSA) is 149 Å². The van der Waals surface area contributed by atoms with Crippen LogP contribution in [0.25, 0.3) is 11.1 Å². The van der Waals surface area contributed by atoms with Crippen LogP contribution in [0, 0.1) is 5.41 Å². The maximum atomic E-state index is 12.9. The van der Waals surface area contributed by atoms with Crippen LogP contribution in [-0.2, 0) is 33.8 Å². The highest BCUT2D eigenvalue weighted by Gasteiger charge is 2.22. The second-order valence-corrected chi connectivity index (χ2v) is 8.67. The summed E-state index contributed by atoms with van der Waals surface area (Å²) < 4.78 is 29.9. The van der Waals surface area contributed by atoms with Gasteiger partial charge in [0.1, 0.15) is 5.84 Å². The van der Waals surface area contributed by atoms with Crippen molar-refractivity contribution >= 4 is 34.8 Å². The number of hydrogen-bond acceptors (Lipinski definition) is 6. The van der Waals surface area contributed by atoms with Gasteiger partial charge in [-0.1, -0.05) is 60.7 Å². The monoisotopic (exact) mass is 507 g/mol. The van der Waals surface area contributed by atoms with E-state index in [0.29, 0.717) is 29.7 Å². The zero-order valence-corrected chi connectivity index (χ0v) is 20.5. The Morgan fingerprint density at radius 2 is 1.81 bits per heavy atom. The Morgan fingerprint density at radius 3 is 2.47 bits per heavy atom. The summed E-state index contributed by atoms with van der Waals surface area (Å²) in [4.78, 5) is 26.2. The van der Waals surface area contributed by atoms with Crippen molar-refractivity contribution in [1.29, 1.82) is 5.41 Å². The maximum absolute atomic E-state index is 12.9. The third kappa shape index (κ3) is 7.24. The van der Waals surface area contributed by atoms with E-state index in [4.69, 9.17) is 15.9 Å². The zero-order chi connectivity index (χ0) is 26.1. The maximum Gasteiger partial charge on any atom is 0.416 e. The Labute approximate surface area is 212 Å². The molecule has 3 rings (SSSR count). The number of aryl methyl sites for hydroxylation is 1. The average Bonchev–Trinajstić information content (AvgIpc) is 2.87. The molecule has 0 saturated heterocycles. The van der Waals surface area contributed by atoms with Gasteiger partial charge >= 0.3 is 6.09 Å². The summed E-state index contributed by atoms with van der Waals surface area (Å²) in [7, 11) is 1.21. The summed E-state index contributed by atoms with van der Waals surface area (Å²) in [5.41, 5.74) is 9.56. The number of imide groups is 1. The van der Waals surface area contributed by atoms with Crippen molar-refractivity contribution < 1.29 is 23.1 Å². The average molecular weight is 508 g/mol. The van der Waals surface area contributed by atoms with Gasteiger partial charge in [-0.15, -0.1) is 0 Å². The summed E-state index contributed by atoms with van der Waals surface area (Å²) in [6.45, 7) is -0.0121. The van der Waals surface area contributed by atoms with Crippen molar-refractivity contribution in [2.75, 3.05) is 11.8 Å². The van der Waals surface area contributed by atoms with Crippen LogP contribution in [-0.4, -0.2) is 38.6 Å². The third-order valence-corrected chi connectivity index (χ3v) is 5.88. The molecule has 0 spiro atoms. The first-order chi connectivity index (χ1) is 17.3. The minimum absolute atomic E-state index is 0.0121. The van der Waals surface area contributed by atoms with Crippen LogP contribution in [0.15, 0.2) is 72.8 Å². The van der Waals surface area contributed by atoms with E-state index >= 15 is 0 Å². The van der Waals surface area contributed by atoms with E-state index in [2.05, 4.69) is 4.72 Å².